The number of rotatable bonds is 4. The van der Waals surface area contributed by atoms with E-state index in [2.05, 4.69) is 26.2 Å². The van der Waals surface area contributed by atoms with Gasteiger partial charge in [0, 0.05) is 12.2 Å². The minimum absolute atomic E-state index is 0.0787. The molecule has 1 fully saturated rings. The molecule has 0 aromatic carbocycles. The van der Waals surface area contributed by atoms with Gasteiger partial charge >= 0.3 is 11.7 Å². The molecule has 0 spiro atoms. The predicted molar refractivity (Wildman–Crippen MR) is 80.5 cm³/mol. The van der Waals surface area contributed by atoms with Crippen molar-refractivity contribution < 1.29 is 14.7 Å². The SMILES string of the molecule is O=C(Cn1cc(Br)c(=O)[nH]c1=O)NC1CCC(C(=O)O)CC1. The second-order valence-electron chi connectivity index (χ2n) is 5.32. The first kappa shape index (κ1) is 16.5. The van der Waals surface area contributed by atoms with Crippen molar-refractivity contribution in [3.8, 4) is 0 Å². The first-order valence-corrected chi connectivity index (χ1v) is 7.67. The molecular weight excluding hydrogens is 358 g/mol. The highest BCUT2D eigenvalue weighted by Gasteiger charge is 2.26. The number of hydrogen-bond donors (Lipinski definition) is 3. The number of aromatic amines is 1. The van der Waals surface area contributed by atoms with E-state index in [1.807, 2.05) is 0 Å². The van der Waals surface area contributed by atoms with Gasteiger partial charge in [0.2, 0.25) is 5.91 Å². The lowest BCUT2D eigenvalue weighted by Gasteiger charge is -2.26. The minimum atomic E-state index is -0.797. The maximum atomic E-state index is 12.0. The second-order valence-corrected chi connectivity index (χ2v) is 6.17. The Balaban J connectivity index is 1.92. The molecule has 0 unspecified atom stereocenters. The quantitative estimate of drug-likeness (QED) is 0.688. The Labute approximate surface area is 133 Å². The van der Waals surface area contributed by atoms with E-state index in [1.165, 1.54) is 6.20 Å². The van der Waals surface area contributed by atoms with E-state index < -0.39 is 17.2 Å². The number of H-pyrrole nitrogens is 1. The summed E-state index contributed by atoms with van der Waals surface area (Å²) < 4.78 is 1.27. The molecule has 1 aromatic rings. The number of carbonyl (C=O) groups excluding carboxylic acids is 1. The fourth-order valence-corrected chi connectivity index (χ4v) is 2.86. The van der Waals surface area contributed by atoms with Crippen LogP contribution in [0.2, 0.25) is 0 Å². The highest BCUT2D eigenvalue weighted by molar-refractivity contribution is 9.10. The molecule has 2 rings (SSSR count). The molecule has 0 aliphatic heterocycles. The third kappa shape index (κ3) is 4.06. The van der Waals surface area contributed by atoms with Crippen LogP contribution >= 0.6 is 15.9 Å². The normalized spacial score (nSPS) is 21.3. The Morgan fingerprint density at radius 2 is 1.95 bits per heavy atom. The topological polar surface area (TPSA) is 121 Å². The largest absolute Gasteiger partial charge is 0.481 e. The molecule has 8 nitrogen and oxygen atoms in total. The average molecular weight is 374 g/mol. The van der Waals surface area contributed by atoms with Crippen LogP contribution in [0.15, 0.2) is 20.3 Å². The standard InChI is InChI=1S/C13H16BrN3O5/c14-9-5-17(13(22)16-11(9)19)6-10(18)15-8-3-1-7(2-4-8)12(20)21/h5,7-8H,1-4,6H2,(H,15,18)(H,20,21)(H,16,19,22). The lowest BCUT2D eigenvalue weighted by Crippen LogP contribution is -2.42. The lowest BCUT2D eigenvalue weighted by molar-refractivity contribution is -0.142. The summed E-state index contributed by atoms with van der Waals surface area (Å²) in [5, 5.41) is 11.7. The molecule has 1 aliphatic carbocycles. The number of halogens is 1. The number of amides is 1. The predicted octanol–water partition coefficient (Wildman–Crippen LogP) is 0.0587. The van der Waals surface area contributed by atoms with Gasteiger partial charge in [-0.05, 0) is 41.6 Å². The summed E-state index contributed by atoms with van der Waals surface area (Å²) in [6.45, 7) is -0.201. The van der Waals surface area contributed by atoms with Crippen molar-refractivity contribution in [2.45, 2.75) is 38.3 Å². The Bertz CT molecular complexity index is 688. The van der Waals surface area contributed by atoms with Gasteiger partial charge < -0.3 is 10.4 Å². The van der Waals surface area contributed by atoms with E-state index >= 15 is 0 Å². The highest BCUT2D eigenvalue weighted by Crippen LogP contribution is 2.24. The molecule has 1 heterocycles. The van der Waals surface area contributed by atoms with E-state index in [4.69, 9.17) is 5.11 Å². The molecule has 1 saturated carbocycles. The summed E-state index contributed by atoms with van der Waals surface area (Å²) in [7, 11) is 0. The van der Waals surface area contributed by atoms with E-state index in [9.17, 15) is 19.2 Å². The zero-order valence-electron chi connectivity index (χ0n) is 11.7. The van der Waals surface area contributed by atoms with Crippen molar-refractivity contribution in [2.24, 2.45) is 5.92 Å². The molecule has 22 heavy (non-hydrogen) atoms. The van der Waals surface area contributed by atoms with Crippen LogP contribution in [-0.2, 0) is 16.1 Å². The molecular formula is C13H16BrN3O5. The number of carboxylic acids is 1. The molecule has 3 N–H and O–H groups in total. The highest BCUT2D eigenvalue weighted by atomic mass is 79.9. The molecule has 0 bridgehead atoms. The fraction of sp³-hybridized carbons (Fsp3) is 0.538. The Morgan fingerprint density at radius 1 is 1.32 bits per heavy atom. The summed E-state index contributed by atoms with van der Waals surface area (Å²) in [6.07, 6.45) is 3.54. The van der Waals surface area contributed by atoms with Crippen molar-refractivity contribution in [2.75, 3.05) is 0 Å². The molecule has 0 atom stereocenters. The number of carboxylic acid groups (broad SMARTS) is 1. The zero-order valence-corrected chi connectivity index (χ0v) is 13.3. The van der Waals surface area contributed by atoms with Gasteiger partial charge in [0.05, 0.1) is 10.4 Å². The molecule has 1 aliphatic rings. The van der Waals surface area contributed by atoms with E-state index in [1.54, 1.807) is 0 Å². The van der Waals surface area contributed by atoms with E-state index in [-0.39, 0.29) is 28.9 Å². The Kier molecular flexibility index (Phi) is 5.17. The molecule has 9 heteroatoms. The van der Waals surface area contributed by atoms with Crippen molar-refractivity contribution in [1.82, 2.24) is 14.9 Å². The molecule has 1 amide bonds. The first-order valence-electron chi connectivity index (χ1n) is 6.88. The molecule has 120 valence electrons. The summed E-state index contributed by atoms with van der Waals surface area (Å²) in [5.74, 6) is -1.49. The van der Waals surface area contributed by atoms with E-state index in [0.29, 0.717) is 25.7 Å². The van der Waals surface area contributed by atoms with Gasteiger partial charge in [-0.15, -0.1) is 0 Å². The number of aliphatic carboxylic acids is 1. The number of hydrogen-bond acceptors (Lipinski definition) is 4. The van der Waals surface area contributed by atoms with Crippen molar-refractivity contribution in [1.29, 1.82) is 0 Å². The van der Waals surface area contributed by atoms with Gasteiger partial charge in [-0.3, -0.25) is 23.9 Å². The zero-order chi connectivity index (χ0) is 16.3. The van der Waals surface area contributed by atoms with Crippen LogP contribution in [0.4, 0.5) is 0 Å². The van der Waals surface area contributed by atoms with Crippen LogP contribution in [-0.4, -0.2) is 32.6 Å². The van der Waals surface area contributed by atoms with Crippen molar-refractivity contribution >= 4 is 27.8 Å². The Morgan fingerprint density at radius 3 is 2.55 bits per heavy atom. The van der Waals surface area contributed by atoms with Gasteiger partial charge in [0.15, 0.2) is 0 Å². The molecule has 0 radical (unpaired) electrons. The van der Waals surface area contributed by atoms with Gasteiger partial charge in [0.25, 0.3) is 5.56 Å². The lowest BCUT2D eigenvalue weighted by atomic mass is 9.86. The maximum absolute atomic E-state index is 12.0. The Hall–Kier alpha value is -1.90. The van der Waals surface area contributed by atoms with Crippen molar-refractivity contribution in [3.63, 3.8) is 0 Å². The van der Waals surface area contributed by atoms with Crippen LogP contribution in [0.25, 0.3) is 0 Å². The van der Waals surface area contributed by atoms with Gasteiger partial charge in [-0.25, -0.2) is 4.79 Å². The van der Waals surface area contributed by atoms with Gasteiger partial charge in [-0.1, -0.05) is 0 Å². The first-order chi connectivity index (χ1) is 10.4. The second kappa shape index (κ2) is 6.91. The van der Waals surface area contributed by atoms with Crippen LogP contribution in [0.3, 0.4) is 0 Å². The molecule has 0 saturated heterocycles. The van der Waals surface area contributed by atoms with Gasteiger partial charge in [0.1, 0.15) is 6.54 Å². The third-order valence-corrected chi connectivity index (χ3v) is 4.29. The van der Waals surface area contributed by atoms with Crippen LogP contribution in [0.1, 0.15) is 25.7 Å². The maximum Gasteiger partial charge on any atom is 0.328 e. The van der Waals surface area contributed by atoms with Crippen LogP contribution in [0, 0.1) is 5.92 Å². The molecule has 1 aromatic heterocycles. The summed E-state index contributed by atoms with van der Waals surface area (Å²) in [6, 6.07) is -0.0787. The van der Waals surface area contributed by atoms with Gasteiger partial charge in [-0.2, -0.15) is 0 Å². The smallest absolute Gasteiger partial charge is 0.328 e. The number of nitrogens with zero attached hydrogens (tertiary/aromatic N) is 1. The summed E-state index contributed by atoms with van der Waals surface area (Å²) in [5.41, 5.74) is -1.20. The fourth-order valence-electron chi connectivity index (χ4n) is 2.51. The van der Waals surface area contributed by atoms with Crippen molar-refractivity contribution in [3.05, 3.63) is 31.5 Å². The number of aromatic nitrogens is 2. The minimum Gasteiger partial charge on any atom is -0.481 e. The summed E-state index contributed by atoms with van der Waals surface area (Å²) >= 11 is 3.00. The average Bonchev–Trinajstić information content (AvgIpc) is 2.45. The third-order valence-electron chi connectivity index (χ3n) is 3.72. The monoisotopic (exact) mass is 373 g/mol. The summed E-state index contributed by atoms with van der Waals surface area (Å²) in [4.78, 5) is 47.7. The van der Waals surface area contributed by atoms with Crippen LogP contribution < -0.4 is 16.6 Å². The van der Waals surface area contributed by atoms with Crippen LogP contribution in [0.5, 0.6) is 0 Å². The number of carbonyl (C=O) groups is 2. The van der Waals surface area contributed by atoms with E-state index in [0.717, 1.165) is 4.57 Å². The number of nitrogens with one attached hydrogen (secondary N) is 2.